The van der Waals surface area contributed by atoms with Crippen molar-refractivity contribution in [3.8, 4) is 0 Å². The molecule has 2 rings (SSSR count). The van der Waals surface area contributed by atoms with Crippen LogP contribution in [0.4, 0.5) is 5.69 Å². The van der Waals surface area contributed by atoms with E-state index in [2.05, 4.69) is 63.5 Å². The molecule has 1 aliphatic heterocycles. The molecule has 1 heterocycles. The fourth-order valence-corrected chi connectivity index (χ4v) is 3.51. The van der Waals surface area contributed by atoms with Crippen LogP contribution >= 0.6 is 0 Å². The van der Waals surface area contributed by atoms with Crippen LogP contribution in [-0.4, -0.2) is 90.1 Å². The molecule has 0 aromatic heterocycles. The average Bonchev–Trinajstić information content (AvgIpc) is 2.76. The predicted molar refractivity (Wildman–Crippen MR) is 126 cm³/mol. The van der Waals surface area contributed by atoms with Gasteiger partial charge in [-0.15, -0.1) is 0 Å². The lowest BCUT2D eigenvalue weighted by molar-refractivity contribution is 0.0702. The smallest absolute Gasteiger partial charge is 0.191 e. The van der Waals surface area contributed by atoms with E-state index >= 15 is 0 Å². The normalized spacial score (nSPS) is 15.4. The van der Waals surface area contributed by atoms with Crippen LogP contribution in [0.5, 0.6) is 0 Å². The van der Waals surface area contributed by atoms with Crippen LogP contribution in [0.25, 0.3) is 0 Å². The minimum Gasteiger partial charge on any atom is -0.382 e. The molecule has 0 saturated carbocycles. The Morgan fingerprint density at radius 1 is 1.07 bits per heavy atom. The lowest BCUT2D eigenvalue weighted by Gasteiger charge is -2.36. The molecule has 0 unspecified atom stereocenters. The molecule has 1 aromatic carbocycles. The molecule has 0 spiro atoms. The highest BCUT2D eigenvalue weighted by atomic mass is 16.5. The molecular weight excluding hydrogens is 378 g/mol. The van der Waals surface area contributed by atoms with Crippen LogP contribution in [0, 0.1) is 6.92 Å². The van der Waals surface area contributed by atoms with Gasteiger partial charge in [0.05, 0.1) is 13.2 Å². The fourth-order valence-electron chi connectivity index (χ4n) is 3.51. The van der Waals surface area contributed by atoms with Gasteiger partial charge in [-0.25, -0.2) is 0 Å². The molecule has 0 aliphatic carbocycles. The summed E-state index contributed by atoms with van der Waals surface area (Å²) in [6.45, 7) is 14.5. The third-order valence-corrected chi connectivity index (χ3v) is 5.18. The van der Waals surface area contributed by atoms with E-state index in [1.165, 1.54) is 11.3 Å². The highest BCUT2D eigenvalue weighted by molar-refractivity contribution is 5.79. The second-order valence-corrected chi connectivity index (χ2v) is 7.67. The Labute approximate surface area is 182 Å². The van der Waals surface area contributed by atoms with Crippen LogP contribution in [-0.2, 0) is 9.47 Å². The van der Waals surface area contributed by atoms with Crippen molar-refractivity contribution in [1.29, 1.82) is 0 Å². The van der Waals surface area contributed by atoms with Gasteiger partial charge in [-0.2, -0.15) is 0 Å². The summed E-state index contributed by atoms with van der Waals surface area (Å²) in [6.07, 6.45) is 2.04. The summed E-state index contributed by atoms with van der Waals surface area (Å²) in [7, 11) is 1.69. The third-order valence-electron chi connectivity index (χ3n) is 5.18. The SMILES string of the molecule is CCNC(=NCCCOCCOC)NCCCN1CCN(c2cccc(C)c2)CC1. The molecule has 1 aliphatic rings. The van der Waals surface area contributed by atoms with Gasteiger partial charge in [-0.3, -0.25) is 9.89 Å². The standard InChI is InChI=1S/C23H41N5O2/c1-4-24-23(26-11-7-17-30-19-18-29-3)25-10-6-12-27-13-15-28(16-14-27)22-9-5-8-21(2)20-22/h5,8-9,20H,4,6-7,10-19H2,1-3H3,(H2,24,25,26). The predicted octanol–water partition coefficient (Wildman–Crippen LogP) is 2.12. The lowest BCUT2D eigenvalue weighted by atomic mass is 10.2. The molecule has 0 amide bonds. The van der Waals surface area contributed by atoms with Crippen LogP contribution in [0.15, 0.2) is 29.3 Å². The Morgan fingerprint density at radius 3 is 2.63 bits per heavy atom. The summed E-state index contributed by atoms with van der Waals surface area (Å²) in [6, 6.07) is 8.82. The Morgan fingerprint density at radius 2 is 1.90 bits per heavy atom. The van der Waals surface area contributed by atoms with Crippen molar-refractivity contribution in [1.82, 2.24) is 15.5 Å². The van der Waals surface area contributed by atoms with Gasteiger partial charge >= 0.3 is 0 Å². The van der Waals surface area contributed by atoms with Crippen LogP contribution < -0.4 is 15.5 Å². The third kappa shape index (κ3) is 9.78. The van der Waals surface area contributed by atoms with Crippen LogP contribution in [0.3, 0.4) is 0 Å². The molecule has 2 N–H and O–H groups in total. The lowest BCUT2D eigenvalue weighted by Crippen LogP contribution is -2.47. The number of methoxy groups -OCH3 is 1. The maximum atomic E-state index is 5.48. The van der Waals surface area contributed by atoms with Crippen molar-refractivity contribution >= 4 is 11.6 Å². The second kappa shape index (κ2) is 15.0. The number of hydrogen-bond acceptors (Lipinski definition) is 5. The van der Waals surface area contributed by atoms with E-state index in [9.17, 15) is 0 Å². The molecule has 0 atom stereocenters. The van der Waals surface area contributed by atoms with Crippen molar-refractivity contribution in [2.75, 3.05) is 84.2 Å². The highest BCUT2D eigenvalue weighted by Crippen LogP contribution is 2.17. The summed E-state index contributed by atoms with van der Waals surface area (Å²) in [5, 5.41) is 6.77. The maximum absolute atomic E-state index is 5.48. The summed E-state index contributed by atoms with van der Waals surface area (Å²) >= 11 is 0. The molecular formula is C23H41N5O2. The van der Waals surface area contributed by atoms with E-state index in [0.29, 0.717) is 13.2 Å². The number of nitrogens with one attached hydrogen (secondary N) is 2. The monoisotopic (exact) mass is 419 g/mol. The Balaban J connectivity index is 1.58. The van der Waals surface area contributed by atoms with E-state index in [-0.39, 0.29) is 0 Å². The maximum Gasteiger partial charge on any atom is 0.191 e. The van der Waals surface area contributed by atoms with Gasteiger partial charge in [0.1, 0.15) is 0 Å². The summed E-state index contributed by atoms with van der Waals surface area (Å²) in [5.74, 6) is 0.902. The first-order valence-corrected chi connectivity index (χ1v) is 11.4. The summed E-state index contributed by atoms with van der Waals surface area (Å²) in [5.41, 5.74) is 2.68. The minimum absolute atomic E-state index is 0.647. The first-order valence-electron chi connectivity index (χ1n) is 11.4. The van der Waals surface area contributed by atoms with Crippen molar-refractivity contribution < 1.29 is 9.47 Å². The number of nitrogens with zero attached hydrogens (tertiary/aromatic N) is 3. The molecule has 0 radical (unpaired) electrons. The number of piperazine rings is 1. The van der Waals surface area contributed by atoms with Crippen molar-refractivity contribution in [3.05, 3.63) is 29.8 Å². The zero-order valence-electron chi connectivity index (χ0n) is 19.2. The molecule has 1 fully saturated rings. The van der Waals surface area contributed by atoms with Gasteiger partial charge in [-0.05, 0) is 50.9 Å². The topological polar surface area (TPSA) is 61.4 Å². The fraction of sp³-hybridized carbons (Fsp3) is 0.696. The average molecular weight is 420 g/mol. The van der Waals surface area contributed by atoms with Gasteiger partial charge in [0.15, 0.2) is 5.96 Å². The van der Waals surface area contributed by atoms with E-state index < -0.39 is 0 Å². The van der Waals surface area contributed by atoms with Gasteiger partial charge in [0.2, 0.25) is 0 Å². The molecule has 0 bridgehead atoms. The number of hydrogen-bond donors (Lipinski definition) is 2. The van der Waals surface area contributed by atoms with Crippen molar-refractivity contribution in [2.24, 2.45) is 4.99 Å². The number of anilines is 1. The number of aliphatic imine (C=N–C) groups is 1. The largest absolute Gasteiger partial charge is 0.382 e. The number of rotatable bonds is 13. The van der Waals surface area contributed by atoms with Gasteiger partial charge in [0.25, 0.3) is 0 Å². The van der Waals surface area contributed by atoms with Gasteiger partial charge < -0.3 is 25.0 Å². The number of ether oxygens (including phenoxy) is 2. The first-order chi connectivity index (χ1) is 14.7. The zero-order chi connectivity index (χ0) is 21.4. The van der Waals surface area contributed by atoms with Crippen LogP contribution in [0.2, 0.25) is 0 Å². The molecule has 170 valence electrons. The highest BCUT2D eigenvalue weighted by Gasteiger charge is 2.16. The van der Waals surface area contributed by atoms with Crippen LogP contribution in [0.1, 0.15) is 25.3 Å². The Hall–Kier alpha value is -1.83. The van der Waals surface area contributed by atoms with E-state index in [1.54, 1.807) is 7.11 Å². The molecule has 7 nitrogen and oxygen atoms in total. The molecule has 1 saturated heterocycles. The number of guanidine groups is 1. The molecule has 1 aromatic rings. The quantitative estimate of drug-likeness (QED) is 0.290. The van der Waals surface area contributed by atoms with E-state index in [1.807, 2.05) is 0 Å². The summed E-state index contributed by atoms with van der Waals surface area (Å²) in [4.78, 5) is 9.69. The Kier molecular flexibility index (Phi) is 12.3. The number of aryl methyl sites for hydroxylation is 1. The molecule has 30 heavy (non-hydrogen) atoms. The zero-order valence-corrected chi connectivity index (χ0v) is 19.2. The molecule has 7 heteroatoms. The number of benzene rings is 1. The Bertz CT molecular complexity index is 603. The first kappa shape index (κ1) is 24.4. The van der Waals surface area contributed by atoms with Gasteiger partial charge in [0, 0.05) is 65.2 Å². The van der Waals surface area contributed by atoms with Crippen molar-refractivity contribution in [3.63, 3.8) is 0 Å². The second-order valence-electron chi connectivity index (χ2n) is 7.67. The van der Waals surface area contributed by atoms with Crippen molar-refractivity contribution in [2.45, 2.75) is 26.7 Å². The summed E-state index contributed by atoms with van der Waals surface area (Å²) < 4.78 is 10.4. The van der Waals surface area contributed by atoms with E-state index in [0.717, 1.165) is 77.8 Å². The van der Waals surface area contributed by atoms with Gasteiger partial charge in [-0.1, -0.05) is 12.1 Å². The van der Waals surface area contributed by atoms with E-state index in [4.69, 9.17) is 9.47 Å². The minimum atomic E-state index is 0.647.